The van der Waals surface area contributed by atoms with E-state index in [1.807, 2.05) is 0 Å². The van der Waals surface area contributed by atoms with Gasteiger partial charge in [0.1, 0.15) is 6.04 Å². The van der Waals surface area contributed by atoms with Gasteiger partial charge >= 0.3 is 5.97 Å². The number of rotatable bonds is 5. The molecule has 1 rings (SSSR count). The van der Waals surface area contributed by atoms with E-state index in [4.69, 9.17) is 10.2 Å². The fourth-order valence-electron chi connectivity index (χ4n) is 1.25. The van der Waals surface area contributed by atoms with Crippen molar-refractivity contribution in [2.24, 2.45) is 0 Å². The van der Waals surface area contributed by atoms with Crippen LogP contribution in [0.2, 0.25) is 0 Å². The second kappa shape index (κ2) is 5.34. The number of aromatic hydroxyl groups is 2. The maximum atomic E-state index is 10.8. The largest absolute Gasteiger partial charge is 0.504 e. The lowest BCUT2D eigenvalue weighted by Crippen LogP contribution is -2.37. The van der Waals surface area contributed by atoms with Gasteiger partial charge in [0, 0.05) is 6.42 Å². The third-order valence-electron chi connectivity index (χ3n) is 2.04. The van der Waals surface area contributed by atoms with Crippen LogP contribution in [0.5, 0.6) is 11.5 Å². The molecule has 0 fully saturated rings. The van der Waals surface area contributed by atoms with Crippen LogP contribution >= 0.6 is 0 Å². The van der Waals surface area contributed by atoms with Crippen LogP contribution in [0.1, 0.15) is 5.56 Å². The highest BCUT2D eigenvalue weighted by Crippen LogP contribution is 2.25. The van der Waals surface area contributed by atoms with Gasteiger partial charge in [-0.1, -0.05) is 6.07 Å². The quantitative estimate of drug-likeness (QED) is 0.425. The fourth-order valence-corrected chi connectivity index (χ4v) is 1.25. The average Bonchev–Trinajstić information content (AvgIpc) is 2.22. The van der Waals surface area contributed by atoms with E-state index < -0.39 is 12.0 Å². The van der Waals surface area contributed by atoms with E-state index in [9.17, 15) is 9.90 Å². The summed E-state index contributed by atoms with van der Waals surface area (Å²) < 4.78 is 0. The summed E-state index contributed by atoms with van der Waals surface area (Å²) >= 11 is 0. The molecule has 0 saturated carbocycles. The van der Waals surface area contributed by atoms with Crippen LogP contribution in [-0.2, 0) is 16.1 Å². The Morgan fingerprint density at radius 1 is 1.44 bits per heavy atom. The molecule has 0 heterocycles. The second-order valence-electron chi connectivity index (χ2n) is 3.24. The normalized spacial score (nSPS) is 12.3. The lowest BCUT2D eigenvalue weighted by atomic mass is 10.1. The van der Waals surface area contributed by atoms with Gasteiger partial charge in [-0.2, -0.15) is 5.48 Å². The van der Waals surface area contributed by atoms with Gasteiger partial charge in [-0.25, -0.2) is 0 Å². The van der Waals surface area contributed by atoms with Crippen molar-refractivity contribution in [3.8, 4) is 11.5 Å². The predicted molar refractivity (Wildman–Crippen MR) is 55.0 cm³/mol. The number of nitrogens with one attached hydrogen (secondary N) is 1. The Balaban J connectivity index is 2.77. The van der Waals surface area contributed by atoms with Gasteiger partial charge in [-0.05, 0) is 17.7 Å². The first-order chi connectivity index (χ1) is 7.54. The summed E-state index contributed by atoms with van der Waals surface area (Å²) in [5, 5.41) is 27.2. The predicted octanol–water partition coefficient (Wildman–Crippen LogP) is 0.244. The van der Waals surface area contributed by atoms with Gasteiger partial charge in [0.15, 0.2) is 11.5 Å². The number of hydrogen-bond donors (Lipinski definition) is 4. The number of aliphatic carboxylic acids is 1. The van der Waals surface area contributed by atoms with Crippen LogP contribution in [0, 0.1) is 0 Å². The Labute approximate surface area is 92.1 Å². The third kappa shape index (κ3) is 3.11. The van der Waals surface area contributed by atoms with E-state index in [2.05, 4.69) is 10.3 Å². The molecular weight excluding hydrogens is 214 g/mol. The molecule has 6 nitrogen and oxygen atoms in total. The summed E-state index contributed by atoms with van der Waals surface area (Å²) in [7, 11) is 1.32. The van der Waals surface area contributed by atoms with Crippen molar-refractivity contribution in [3.63, 3.8) is 0 Å². The zero-order valence-corrected chi connectivity index (χ0v) is 8.67. The minimum Gasteiger partial charge on any atom is -0.504 e. The highest BCUT2D eigenvalue weighted by atomic mass is 16.6. The van der Waals surface area contributed by atoms with Crippen molar-refractivity contribution in [1.82, 2.24) is 5.48 Å². The lowest BCUT2D eigenvalue weighted by molar-refractivity contribution is -0.143. The smallest absolute Gasteiger partial charge is 0.323 e. The zero-order valence-electron chi connectivity index (χ0n) is 8.67. The van der Waals surface area contributed by atoms with E-state index in [-0.39, 0.29) is 17.9 Å². The van der Waals surface area contributed by atoms with Crippen LogP contribution in [0.15, 0.2) is 18.2 Å². The third-order valence-corrected chi connectivity index (χ3v) is 2.04. The first-order valence-corrected chi connectivity index (χ1v) is 4.56. The van der Waals surface area contributed by atoms with E-state index in [0.29, 0.717) is 5.56 Å². The summed E-state index contributed by atoms with van der Waals surface area (Å²) in [6.45, 7) is 0. The van der Waals surface area contributed by atoms with Crippen LogP contribution in [0.4, 0.5) is 0 Å². The van der Waals surface area contributed by atoms with Gasteiger partial charge in [0.25, 0.3) is 0 Å². The fraction of sp³-hybridized carbons (Fsp3) is 0.300. The van der Waals surface area contributed by atoms with E-state index in [1.54, 1.807) is 0 Å². The van der Waals surface area contributed by atoms with Gasteiger partial charge in [0.2, 0.25) is 0 Å². The van der Waals surface area contributed by atoms with Crippen molar-refractivity contribution in [2.45, 2.75) is 12.5 Å². The van der Waals surface area contributed by atoms with E-state index in [0.717, 1.165) is 0 Å². The molecular formula is C10H13NO5. The Bertz CT molecular complexity index is 379. The van der Waals surface area contributed by atoms with Crippen LogP contribution in [0.3, 0.4) is 0 Å². The molecule has 0 spiro atoms. The number of benzene rings is 1. The van der Waals surface area contributed by atoms with Gasteiger partial charge in [-0.15, -0.1) is 0 Å². The highest BCUT2D eigenvalue weighted by molar-refractivity contribution is 5.73. The number of phenolic OH excluding ortho intramolecular Hbond substituents is 2. The maximum Gasteiger partial charge on any atom is 0.323 e. The Hall–Kier alpha value is -1.79. The van der Waals surface area contributed by atoms with Gasteiger partial charge < -0.3 is 20.2 Å². The van der Waals surface area contributed by atoms with Crippen LogP contribution < -0.4 is 5.48 Å². The number of carboxylic acids is 1. The molecule has 0 amide bonds. The molecule has 0 aliphatic carbocycles. The molecule has 0 aromatic heterocycles. The number of carbonyl (C=O) groups is 1. The van der Waals surface area contributed by atoms with Gasteiger partial charge in [0.05, 0.1) is 7.11 Å². The molecule has 4 N–H and O–H groups in total. The molecule has 0 unspecified atom stereocenters. The zero-order chi connectivity index (χ0) is 12.1. The summed E-state index contributed by atoms with van der Waals surface area (Å²) in [6.07, 6.45) is 0.136. The van der Waals surface area contributed by atoms with Crippen LogP contribution in [0.25, 0.3) is 0 Å². The van der Waals surface area contributed by atoms with Crippen molar-refractivity contribution in [2.75, 3.05) is 7.11 Å². The lowest BCUT2D eigenvalue weighted by Gasteiger charge is -2.12. The van der Waals surface area contributed by atoms with E-state index >= 15 is 0 Å². The first kappa shape index (κ1) is 12.3. The minimum atomic E-state index is -1.06. The minimum absolute atomic E-state index is 0.136. The molecule has 0 saturated heterocycles. The van der Waals surface area contributed by atoms with Crippen LogP contribution in [-0.4, -0.2) is 34.4 Å². The number of hydroxylamine groups is 1. The first-order valence-electron chi connectivity index (χ1n) is 4.56. The maximum absolute atomic E-state index is 10.8. The summed E-state index contributed by atoms with van der Waals surface area (Å²) in [6, 6.07) is 3.23. The molecule has 1 aromatic rings. The molecule has 1 atom stereocenters. The summed E-state index contributed by atoms with van der Waals surface area (Å²) in [5.41, 5.74) is 2.90. The number of hydrogen-bond acceptors (Lipinski definition) is 5. The van der Waals surface area contributed by atoms with Crippen molar-refractivity contribution >= 4 is 5.97 Å². The van der Waals surface area contributed by atoms with Gasteiger partial charge in [-0.3, -0.25) is 4.79 Å². The molecule has 16 heavy (non-hydrogen) atoms. The van der Waals surface area contributed by atoms with Crippen molar-refractivity contribution in [1.29, 1.82) is 0 Å². The number of carboxylic acid groups (broad SMARTS) is 1. The molecule has 6 heteroatoms. The average molecular weight is 227 g/mol. The molecule has 0 bridgehead atoms. The monoisotopic (exact) mass is 227 g/mol. The second-order valence-corrected chi connectivity index (χ2v) is 3.24. The molecule has 1 aromatic carbocycles. The summed E-state index contributed by atoms with van der Waals surface area (Å²) in [5.74, 6) is -1.58. The highest BCUT2D eigenvalue weighted by Gasteiger charge is 2.17. The molecule has 88 valence electrons. The van der Waals surface area contributed by atoms with E-state index in [1.165, 1.54) is 25.3 Å². The SMILES string of the molecule is CON[C@@H](Cc1ccc(O)c(O)c1)C(=O)O. The Morgan fingerprint density at radius 2 is 2.12 bits per heavy atom. The molecule has 0 aliphatic rings. The topological polar surface area (TPSA) is 99.0 Å². The summed E-state index contributed by atoms with van der Waals surface area (Å²) in [4.78, 5) is 15.3. The molecule has 0 radical (unpaired) electrons. The van der Waals surface area contributed by atoms with Crippen molar-refractivity contribution in [3.05, 3.63) is 23.8 Å². The Kier molecular flexibility index (Phi) is 4.10. The standard InChI is InChI=1S/C10H13NO5/c1-16-11-7(10(14)15)4-6-2-3-8(12)9(13)5-6/h2-3,5,7,11-13H,4H2,1H3,(H,14,15)/t7-/m0/s1. The molecule has 0 aliphatic heterocycles. The Morgan fingerprint density at radius 3 is 2.62 bits per heavy atom. The van der Waals surface area contributed by atoms with Crippen molar-refractivity contribution < 1.29 is 25.0 Å². The number of phenols is 2.